The highest BCUT2D eigenvalue weighted by atomic mass is 35.5. The standard InChI is InChI=1S/C12H16N6O3.ClH/c13-9(1-7-3-14-5-16-7)11(19)18-10(12(20)21)2-8-4-15-6-17-8;/h3-6,9-10H,1-2,13H2,(H,14,16)(H,15,17)(H,18,19)(H,20,21);1H/t9-,10-;/m0./s1. The molecule has 10 heteroatoms. The largest absolute Gasteiger partial charge is 0.480 e. The minimum absolute atomic E-state index is 0. The van der Waals surface area contributed by atoms with Crippen LogP contribution in [0.25, 0.3) is 0 Å². The first-order valence-electron chi connectivity index (χ1n) is 6.30. The lowest BCUT2D eigenvalue weighted by Gasteiger charge is -2.16. The number of H-pyrrole nitrogens is 2. The fourth-order valence-electron chi connectivity index (χ4n) is 1.81. The molecule has 9 nitrogen and oxygen atoms in total. The van der Waals surface area contributed by atoms with Gasteiger partial charge in [-0.25, -0.2) is 14.8 Å². The van der Waals surface area contributed by atoms with E-state index in [1.165, 1.54) is 12.7 Å². The molecule has 0 fully saturated rings. The Morgan fingerprint density at radius 3 is 2.18 bits per heavy atom. The summed E-state index contributed by atoms with van der Waals surface area (Å²) in [4.78, 5) is 36.5. The van der Waals surface area contributed by atoms with Crippen molar-refractivity contribution in [3.05, 3.63) is 36.4 Å². The molecule has 6 N–H and O–H groups in total. The molecule has 0 aliphatic rings. The van der Waals surface area contributed by atoms with Crippen LogP contribution in [0.2, 0.25) is 0 Å². The summed E-state index contributed by atoms with van der Waals surface area (Å²) in [6.45, 7) is 0. The number of carbonyl (C=O) groups excluding carboxylic acids is 1. The van der Waals surface area contributed by atoms with Crippen LogP contribution in [0.1, 0.15) is 11.4 Å². The van der Waals surface area contributed by atoms with E-state index in [-0.39, 0.29) is 25.2 Å². The molecule has 2 aromatic rings. The van der Waals surface area contributed by atoms with Gasteiger partial charge in [0, 0.05) is 25.2 Å². The molecule has 120 valence electrons. The molecule has 0 saturated carbocycles. The molecule has 2 aromatic heterocycles. The van der Waals surface area contributed by atoms with Gasteiger partial charge in [0.25, 0.3) is 0 Å². The molecule has 0 aliphatic heterocycles. The number of amides is 1. The highest BCUT2D eigenvalue weighted by molar-refractivity contribution is 5.87. The van der Waals surface area contributed by atoms with Crippen LogP contribution >= 0.6 is 12.4 Å². The smallest absolute Gasteiger partial charge is 0.326 e. The van der Waals surface area contributed by atoms with Crippen molar-refractivity contribution in [3.8, 4) is 0 Å². The molecule has 0 aliphatic carbocycles. The number of carboxylic acids is 1. The molecule has 2 rings (SSSR count). The number of rotatable bonds is 7. The second kappa shape index (κ2) is 8.15. The molecule has 1 amide bonds. The summed E-state index contributed by atoms with van der Waals surface area (Å²) in [5.74, 6) is -1.68. The van der Waals surface area contributed by atoms with Gasteiger partial charge >= 0.3 is 5.97 Å². The van der Waals surface area contributed by atoms with Gasteiger partial charge in [-0.1, -0.05) is 0 Å². The van der Waals surface area contributed by atoms with Gasteiger partial charge < -0.3 is 26.1 Å². The van der Waals surface area contributed by atoms with Crippen molar-refractivity contribution in [2.24, 2.45) is 5.73 Å². The maximum absolute atomic E-state index is 11.9. The van der Waals surface area contributed by atoms with Crippen molar-refractivity contribution in [1.82, 2.24) is 25.3 Å². The summed E-state index contributed by atoms with van der Waals surface area (Å²) in [6, 6.07) is -1.94. The van der Waals surface area contributed by atoms with Crippen LogP contribution < -0.4 is 11.1 Å². The van der Waals surface area contributed by atoms with Crippen LogP contribution in [0, 0.1) is 0 Å². The lowest BCUT2D eigenvalue weighted by molar-refractivity contribution is -0.142. The zero-order chi connectivity index (χ0) is 15.2. The minimum atomic E-state index is -1.14. The summed E-state index contributed by atoms with van der Waals surface area (Å²) in [5.41, 5.74) is 6.93. The third-order valence-corrected chi connectivity index (χ3v) is 2.90. The Balaban J connectivity index is 0.00000242. The first-order valence-corrected chi connectivity index (χ1v) is 6.30. The van der Waals surface area contributed by atoms with Crippen molar-refractivity contribution in [3.63, 3.8) is 0 Å². The van der Waals surface area contributed by atoms with Gasteiger partial charge in [-0.3, -0.25) is 4.79 Å². The van der Waals surface area contributed by atoms with Gasteiger partial charge in [0.2, 0.25) is 5.91 Å². The number of halogens is 1. The van der Waals surface area contributed by atoms with E-state index in [1.54, 1.807) is 12.4 Å². The highest BCUT2D eigenvalue weighted by Gasteiger charge is 2.24. The monoisotopic (exact) mass is 328 g/mol. The Morgan fingerprint density at radius 2 is 1.73 bits per heavy atom. The summed E-state index contributed by atoms with van der Waals surface area (Å²) >= 11 is 0. The number of nitrogens with two attached hydrogens (primary N) is 1. The quantitative estimate of drug-likeness (QED) is 0.450. The Morgan fingerprint density at radius 1 is 1.18 bits per heavy atom. The average Bonchev–Trinajstić information content (AvgIpc) is 3.10. The van der Waals surface area contributed by atoms with Gasteiger partial charge in [0.15, 0.2) is 0 Å². The topological polar surface area (TPSA) is 150 Å². The number of nitrogens with one attached hydrogen (secondary N) is 3. The van der Waals surface area contributed by atoms with E-state index in [2.05, 4.69) is 25.3 Å². The molecule has 0 radical (unpaired) electrons. The van der Waals surface area contributed by atoms with Crippen molar-refractivity contribution >= 4 is 24.3 Å². The number of carbonyl (C=O) groups is 2. The molecule has 0 bridgehead atoms. The molecule has 0 aromatic carbocycles. The zero-order valence-electron chi connectivity index (χ0n) is 11.5. The number of carboxylic acid groups (broad SMARTS) is 1. The molecule has 0 unspecified atom stereocenters. The van der Waals surface area contributed by atoms with Crippen molar-refractivity contribution < 1.29 is 14.7 Å². The van der Waals surface area contributed by atoms with Crippen molar-refractivity contribution in [2.45, 2.75) is 24.9 Å². The van der Waals surface area contributed by atoms with Crippen LogP contribution in [0.5, 0.6) is 0 Å². The predicted molar refractivity (Wildman–Crippen MR) is 79.4 cm³/mol. The van der Waals surface area contributed by atoms with Crippen LogP contribution in [0.15, 0.2) is 25.0 Å². The molecule has 0 spiro atoms. The van der Waals surface area contributed by atoms with Crippen LogP contribution in [0.4, 0.5) is 0 Å². The zero-order valence-corrected chi connectivity index (χ0v) is 12.3. The fourth-order valence-corrected chi connectivity index (χ4v) is 1.81. The van der Waals surface area contributed by atoms with E-state index in [9.17, 15) is 9.59 Å². The lowest BCUT2D eigenvalue weighted by Crippen LogP contribution is -2.50. The summed E-state index contributed by atoms with van der Waals surface area (Å²) in [6.07, 6.45) is 6.44. The molecular formula is C12H17ClN6O3. The van der Waals surface area contributed by atoms with E-state index in [0.717, 1.165) is 0 Å². The Bertz CT molecular complexity index is 586. The van der Waals surface area contributed by atoms with Gasteiger partial charge in [0.05, 0.1) is 30.1 Å². The number of aromatic nitrogens is 4. The average molecular weight is 329 g/mol. The number of aliphatic carboxylic acids is 1. The van der Waals surface area contributed by atoms with Gasteiger partial charge in [-0.05, 0) is 0 Å². The second-order valence-corrected chi connectivity index (χ2v) is 4.54. The number of aromatic amines is 2. The van der Waals surface area contributed by atoms with E-state index in [1.807, 2.05) is 0 Å². The Labute approximate surface area is 132 Å². The predicted octanol–water partition coefficient (Wildman–Crippen LogP) is -0.763. The SMILES string of the molecule is Cl.N[C@@H](Cc1c[nH]cn1)C(=O)N[C@@H](Cc1c[nH]cn1)C(=O)O. The van der Waals surface area contributed by atoms with E-state index in [4.69, 9.17) is 10.8 Å². The lowest BCUT2D eigenvalue weighted by atomic mass is 10.1. The highest BCUT2D eigenvalue weighted by Crippen LogP contribution is 2.01. The third-order valence-electron chi connectivity index (χ3n) is 2.90. The van der Waals surface area contributed by atoms with Crippen LogP contribution in [-0.4, -0.2) is 49.0 Å². The maximum Gasteiger partial charge on any atom is 0.326 e. The molecule has 22 heavy (non-hydrogen) atoms. The number of imidazole rings is 2. The minimum Gasteiger partial charge on any atom is -0.480 e. The third kappa shape index (κ3) is 4.86. The van der Waals surface area contributed by atoms with Crippen LogP contribution in [-0.2, 0) is 22.4 Å². The maximum atomic E-state index is 11.9. The van der Waals surface area contributed by atoms with Gasteiger partial charge in [-0.15, -0.1) is 12.4 Å². The summed E-state index contributed by atoms with van der Waals surface area (Å²) < 4.78 is 0. The van der Waals surface area contributed by atoms with Crippen molar-refractivity contribution in [1.29, 1.82) is 0 Å². The number of hydrogen-bond acceptors (Lipinski definition) is 5. The molecular weight excluding hydrogens is 312 g/mol. The second-order valence-electron chi connectivity index (χ2n) is 4.54. The molecule has 0 saturated heterocycles. The summed E-state index contributed by atoms with van der Waals surface area (Å²) in [7, 11) is 0. The Kier molecular flexibility index (Phi) is 6.54. The molecule has 2 heterocycles. The van der Waals surface area contributed by atoms with E-state index >= 15 is 0 Å². The fraction of sp³-hybridized carbons (Fsp3) is 0.333. The molecule has 2 atom stereocenters. The van der Waals surface area contributed by atoms with E-state index < -0.39 is 24.0 Å². The first-order chi connectivity index (χ1) is 10.1. The number of hydrogen-bond donors (Lipinski definition) is 5. The normalized spacial score (nSPS) is 13.0. The summed E-state index contributed by atoms with van der Waals surface area (Å²) in [5, 5.41) is 11.6. The van der Waals surface area contributed by atoms with Gasteiger partial charge in [0.1, 0.15) is 6.04 Å². The first kappa shape index (κ1) is 17.7. The van der Waals surface area contributed by atoms with E-state index in [0.29, 0.717) is 11.4 Å². The Hall–Kier alpha value is -2.39. The van der Waals surface area contributed by atoms with Crippen LogP contribution in [0.3, 0.4) is 0 Å². The van der Waals surface area contributed by atoms with Crippen molar-refractivity contribution in [2.75, 3.05) is 0 Å². The number of nitrogens with zero attached hydrogens (tertiary/aromatic N) is 2. The van der Waals surface area contributed by atoms with Gasteiger partial charge in [-0.2, -0.15) is 0 Å².